The van der Waals surface area contributed by atoms with Crippen molar-refractivity contribution in [3.05, 3.63) is 21.4 Å². The normalized spacial score (nSPS) is 13.3. The van der Waals surface area contributed by atoms with Gasteiger partial charge in [0, 0.05) is 0 Å². The zero-order chi connectivity index (χ0) is 4.24. The van der Waals surface area contributed by atoms with Gasteiger partial charge in [0.2, 0.25) is 0 Å². The SMILES string of the molecule is C1=[CH][Ga]=[Ga][CH]=C1. The van der Waals surface area contributed by atoms with Crippen molar-refractivity contribution >= 4 is 28.5 Å². The third-order valence-corrected chi connectivity index (χ3v) is 10.3. The second-order valence-corrected chi connectivity index (χ2v) is 12.8. The Morgan fingerprint density at radius 1 is 0.833 bits per heavy atom. The van der Waals surface area contributed by atoms with E-state index < -0.39 is 0 Å². The van der Waals surface area contributed by atoms with E-state index in [1.807, 2.05) is 0 Å². The molecular formula is C4H4Ga2. The molecule has 0 spiro atoms. The molecule has 0 radical (unpaired) electrons. The van der Waals surface area contributed by atoms with Crippen molar-refractivity contribution in [1.29, 1.82) is 0 Å². The first-order valence-corrected chi connectivity index (χ1v) is 13.5. The molecule has 0 aliphatic carbocycles. The molecule has 1 aliphatic heterocycles. The van der Waals surface area contributed by atoms with Crippen LogP contribution < -0.4 is 0 Å². The van der Waals surface area contributed by atoms with Gasteiger partial charge in [0.15, 0.2) is 0 Å². The van der Waals surface area contributed by atoms with Gasteiger partial charge in [-0.1, -0.05) is 0 Å². The molecule has 0 saturated heterocycles. The molecule has 6 heavy (non-hydrogen) atoms. The third kappa shape index (κ3) is 1.47. The monoisotopic (exact) mass is 190 g/mol. The first-order chi connectivity index (χ1) is 3.00. The number of hydrogen-bond donors (Lipinski definition) is 0. The molecule has 1 aliphatic rings. The summed E-state index contributed by atoms with van der Waals surface area (Å²) < 4.78 is 4.81. The van der Waals surface area contributed by atoms with Crippen LogP contribution in [0.3, 0.4) is 0 Å². The average Bonchev–Trinajstić information content (AvgIpc) is 1.72. The zero-order valence-electron chi connectivity index (χ0n) is 3.46. The van der Waals surface area contributed by atoms with Crippen LogP contribution in [0.1, 0.15) is 0 Å². The van der Waals surface area contributed by atoms with Gasteiger partial charge in [-0.2, -0.15) is 0 Å². The Hall–Kier alpha value is 0.753. The summed E-state index contributed by atoms with van der Waals surface area (Å²) >= 11 is 0.547. The van der Waals surface area contributed by atoms with Crippen molar-refractivity contribution in [2.45, 2.75) is 0 Å². The van der Waals surface area contributed by atoms with E-state index in [9.17, 15) is 0 Å². The summed E-state index contributed by atoms with van der Waals surface area (Å²) in [4.78, 5) is 0. The van der Waals surface area contributed by atoms with E-state index >= 15 is 0 Å². The van der Waals surface area contributed by atoms with Crippen LogP contribution >= 0.6 is 0 Å². The fourth-order valence-corrected chi connectivity index (χ4v) is 7.59. The van der Waals surface area contributed by atoms with Crippen molar-refractivity contribution < 1.29 is 0 Å². The quantitative estimate of drug-likeness (QED) is 0.485. The van der Waals surface area contributed by atoms with Crippen LogP contribution in [0.4, 0.5) is 0 Å². The van der Waals surface area contributed by atoms with Crippen molar-refractivity contribution in [1.82, 2.24) is 0 Å². The second kappa shape index (κ2) is 2.85. The van der Waals surface area contributed by atoms with Crippen LogP contribution in [-0.4, -0.2) is 28.5 Å². The van der Waals surface area contributed by atoms with Gasteiger partial charge in [0.05, 0.1) is 0 Å². The molecule has 0 N–H and O–H groups in total. The summed E-state index contributed by atoms with van der Waals surface area (Å²) in [5.41, 5.74) is 0. The van der Waals surface area contributed by atoms with Crippen molar-refractivity contribution in [2.24, 2.45) is 0 Å². The molecule has 0 saturated carbocycles. The van der Waals surface area contributed by atoms with Crippen molar-refractivity contribution in [3.63, 3.8) is 0 Å². The van der Waals surface area contributed by atoms with Gasteiger partial charge in [-0.25, -0.2) is 0 Å². The van der Waals surface area contributed by atoms with Crippen LogP contribution in [0.25, 0.3) is 0 Å². The van der Waals surface area contributed by atoms with Crippen LogP contribution in [0.5, 0.6) is 0 Å². The number of allylic oxidation sites excluding steroid dienone is 2. The van der Waals surface area contributed by atoms with Crippen LogP contribution in [0.15, 0.2) is 21.4 Å². The number of rotatable bonds is 0. The molecule has 1 heterocycles. The van der Waals surface area contributed by atoms with Gasteiger partial charge in [-0.15, -0.1) is 0 Å². The second-order valence-electron chi connectivity index (χ2n) is 1.15. The maximum absolute atomic E-state index is 2.41. The third-order valence-electron chi connectivity index (χ3n) is 0.667. The number of hydrogen-bond acceptors (Lipinski definition) is 0. The Balaban J connectivity index is 2.77. The van der Waals surface area contributed by atoms with Crippen LogP contribution in [0.2, 0.25) is 0 Å². The van der Waals surface area contributed by atoms with E-state index in [1.54, 1.807) is 0 Å². The summed E-state index contributed by atoms with van der Waals surface area (Å²) in [6.45, 7) is 0. The van der Waals surface area contributed by atoms with Crippen molar-refractivity contribution in [3.8, 4) is 0 Å². The molecule has 1 rings (SSSR count). The molecular weight excluding hydrogens is 187 g/mol. The standard InChI is InChI=1S/C4H4.2Ga/c1-3-4-2;;/h1-4H;;. The molecule has 0 unspecified atom stereocenters. The summed E-state index contributed by atoms with van der Waals surface area (Å²) in [5.74, 6) is 0. The first-order valence-electron chi connectivity index (χ1n) is 2.00. The minimum atomic E-state index is 0.273. The van der Waals surface area contributed by atoms with Gasteiger partial charge >= 0.3 is 49.9 Å². The van der Waals surface area contributed by atoms with Gasteiger partial charge in [0.1, 0.15) is 0 Å². The van der Waals surface area contributed by atoms with Gasteiger partial charge < -0.3 is 0 Å². The Bertz CT molecular complexity index is 74.9. The maximum atomic E-state index is 2.41. The van der Waals surface area contributed by atoms with Gasteiger partial charge in [-0.05, 0) is 0 Å². The summed E-state index contributed by atoms with van der Waals surface area (Å²) in [6, 6.07) is 0. The molecule has 2 heteroatoms. The zero-order valence-corrected chi connectivity index (χ0v) is 8.31. The summed E-state index contributed by atoms with van der Waals surface area (Å²) in [5, 5.41) is 0. The van der Waals surface area contributed by atoms with Gasteiger partial charge in [-0.3, -0.25) is 0 Å². The van der Waals surface area contributed by atoms with E-state index in [2.05, 4.69) is 21.4 Å². The Labute approximate surface area is 49.8 Å². The molecule has 0 nitrogen and oxygen atoms in total. The summed E-state index contributed by atoms with van der Waals surface area (Å²) in [6.07, 6.45) is 4.39. The summed E-state index contributed by atoms with van der Waals surface area (Å²) in [7, 11) is 0. The van der Waals surface area contributed by atoms with Crippen LogP contribution in [-0.2, 0) is 0 Å². The predicted molar refractivity (Wildman–Crippen MR) is 29.8 cm³/mol. The van der Waals surface area contributed by atoms with E-state index in [-0.39, 0.29) is 28.5 Å². The first kappa shape index (κ1) is 4.90. The van der Waals surface area contributed by atoms with Gasteiger partial charge in [0.25, 0.3) is 0 Å². The van der Waals surface area contributed by atoms with E-state index in [4.69, 9.17) is 0 Å². The molecule has 0 atom stereocenters. The predicted octanol–water partition coefficient (Wildman–Crippen LogP) is 0.351. The minimum absolute atomic E-state index is 0.273. The molecule has 0 aromatic rings. The van der Waals surface area contributed by atoms with E-state index in [0.29, 0.717) is 0 Å². The Morgan fingerprint density at radius 2 is 1.33 bits per heavy atom. The molecule has 0 aromatic heterocycles. The topological polar surface area (TPSA) is 0 Å². The molecule has 0 bridgehead atoms. The Kier molecular flexibility index (Phi) is 2.33. The van der Waals surface area contributed by atoms with E-state index in [1.165, 1.54) is 0 Å². The molecule has 0 fully saturated rings. The molecule has 0 aromatic carbocycles. The fourth-order valence-electron chi connectivity index (χ4n) is 0.385. The fraction of sp³-hybridized carbons (Fsp3) is 0. The van der Waals surface area contributed by atoms with Crippen LogP contribution in [0, 0.1) is 0 Å². The Morgan fingerprint density at radius 3 is 1.50 bits per heavy atom. The molecule has 26 valence electrons. The van der Waals surface area contributed by atoms with Crippen molar-refractivity contribution in [2.75, 3.05) is 0 Å². The molecule has 0 amide bonds. The average molecular weight is 192 g/mol. The van der Waals surface area contributed by atoms with E-state index in [0.717, 1.165) is 0 Å².